The lowest BCUT2D eigenvalue weighted by Crippen LogP contribution is -2.49. The number of aromatic amines is 1. The number of hydrogen-bond donors (Lipinski definition) is 3. The smallest absolute Gasteiger partial charge is 0.261 e. The van der Waals surface area contributed by atoms with Crippen molar-refractivity contribution in [2.45, 2.75) is 38.9 Å². The van der Waals surface area contributed by atoms with Crippen molar-refractivity contribution in [1.82, 2.24) is 25.7 Å². The van der Waals surface area contributed by atoms with Gasteiger partial charge in [-0.05, 0) is 59.0 Å². The zero-order valence-corrected chi connectivity index (χ0v) is 22.9. The molecule has 40 heavy (non-hydrogen) atoms. The molecule has 0 spiro atoms. The fourth-order valence-electron chi connectivity index (χ4n) is 5.23. The predicted molar refractivity (Wildman–Crippen MR) is 156 cm³/mol. The molecule has 2 aromatic heterocycles. The van der Waals surface area contributed by atoms with Crippen LogP contribution in [0, 0.1) is 0 Å². The van der Waals surface area contributed by atoms with Crippen LogP contribution in [0.3, 0.4) is 0 Å². The summed E-state index contributed by atoms with van der Waals surface area (Å²) in [6.07, 6.45) is 2.83. The van der Waals surface area contributed by atoms with Gasteiger partial charge < -0.3 is 15.5 Å². The molecule has 9 heteroatoms. The molecule has 0 bridgehead atoms. The molecule has 1 atom stereocenters. The summed E-state index contributed by atoms with van der Waals surface area (Å²) in [7, 11) is 0. The number of carbonyl (C=O) groups is 3. The van der Waals surface area contributed by atoms with Crippen LogP contribution in [0.4, 0.5) is 0 Å². The Hall–Kier alpha value is -4.50. The van der Waals surface area contributed by atoms with E-state index in [2.05, 4.69) is 39.0 Å². The normalized spacial score (nSPS) is 13.7. The van der Waals surface area contributed by atoms with Gasteiger partial charge in [-0.2, -0.15) is 5.10 Å². The quantitative estimate of drug-likeness (QED) is 0.270. The minimum atomic E-state index is -0.629. The molecule has 1 aliphatic rings. The fourth-order valence-corrected chi connectivity index (χ4v) is 6.31. The molecule has 0 unspecified atom stereocenters. The Balaban J connectivity index is 1.09. The molecule has 5 aromatic rings. The number of aromatic nitrogens is 2. The Morgan fingerprint density at radius 2 is 1.88 bits per heavy atom. The zero-order chi connectivity index (χ0) is 27.6. The van der Waals surface area contributed by atoms with Gasteiger partial charge in [-0.1, -0.05) is 49.4 Å². The van der Waals surface area contributed by atoms with Crippen molar-refractivity contribution >= 4 is 50.7 Å². The van der Waals surface area contributed by atoms with E-state index < -0.39 is 6.04 Å². The summed E-state index contributed by atoms with van der Waals surface area (Å²) < 4.78 is 0. The molecule has 8 nitrogen and oxygen atoms in total. The van der Waals surface area contributed by atoms with Crippen LogP contribution in [0.5, 0.6) is 0 Å². The van der Waals surface area contributed by atoms with E-state index in [4.69, 9.17) is 0 Å². The zero-order valence-electron chi connectivity index (χ0n) is 22.1. The number of benzene rings is 3. The summed E-state index contributed by atoms with van der Waals surface area (Å²) >= 11 is 1.49. The largest absolute Gasteiger partial charge is 0.347 e. The summed E-state index contributed by atoms with van der Waals surface area (Å²) in [5, 5.41) is 15.9. The number of thiophene rings is 1. The first-order valence-electron chi connectivity index (χ1n) is 13.4. The van der Waals surface area contributed by atoms with Crippen LogP contribution < -0.4 is 10.6 Å². The summed E-state index contributed by atoms with van der Waals surface area (Å²) in [6.45, 7) is 3.31. The highest BCUT2D eigenvalue weighted by molar-refractivity contribution is 7.14. The number of carbonyl (C=O) groups excluding carboxylic acids is 3. The number of amides is 3. The second-order valence-electron chi connectivity index (χ2n) is 10.00. The molecule has 6 rings (SSSR count). The third-order valence-corrected chi connectivity index (χ3v) is 8.67. The van der Waals surface area contributed by atoms with Crippen LogP contribution in [0.25, 0.3) is 21.7 Å². The molecule has 202 valence electrons. The first kappa shape index (κ1) is 25.8. The van der Waals surface area contributed by atoms with E-state index in [1.165, 1.54) is 11.3 Å². The molecule has 0 saturated carbocycles. The number of H-pyrrole nitrogens is 1. The van der Waals surface area contributed by atoms with Crippen LogP contribution in [0.2, 0.25) is 0 Å². The molecule has 3 aromatic carbocycles. The highest BCUT2D eigenvalue weighted by Crippen LogP contribution is 2.29. The van der Waals surface area contributed by atoms with Gasteiger partial charge in [0, 0.05) is 35.5 Å². The van der Waals surface area contributed by atoms with Crippen LogP contribution in [-0.2, 0) is 24.3 Å². The maximum Gasteiger partial charge on any atom is 0.261 e. The Labute approximate surface area is 235 Å². The van der Waals surface area contributed by atoms with Gasteiger partial charge in [0.1, 0.15) is 6.04 Å². The molecule has 0 radical (unpaired) electrons. The van der Waals surface area contributed by atoms with Gasteiger partial charge in [0.15, 0.2) is 0 Å². The van der Waals surface area contributed by atoms with Gasteiger partial charge >= 0.3 is 0 Å². The maximum absolute atomic E-state index is 13.4. The van der Waals surface area contributed by atoms with Crippen molar-refractivity contribution in [3.63, 3.8) is 0 Å². The summed E-state index contributed by atoms with van der Waals surface area (Å²) in [5.41, 5.74) is 3.40. The topological polar surface area (TPSA) is 107 Å². The molecule has 1 aliphatic heterocycles. The Bertz CT molecular complexity index is 1730. The van der Waals surface area contributed by atoms with Gasteiger partial charge in [0.05, 0.1) is 16.6 Å². The number of nitrogens with zero attached hydrogens (tertiary/aromatic N) is 2. The third-order valence-electron chi connectivity index (χ3n) is 7.44. The van der Waals surface area contributed by atoms with Crippen molar-refractivity contribution in [2.75, 3.05) is 6.54 Å². The molecule has 3 amide bonds. The number of fused-ring (bicyclic) bond motifs is 3. The lowest BCUT2D eigenvalue weighted by atomic mass is 10.0. The molecule has 0 aliphatic carbocycles. The average molecular weight is 552 g/mol. The summed E-state index contributed by atoms with van der Waals surface area (Å²) in [4.78, 5) is 42.9. The van der Waals surface area contributed by atoms with E-state index in [1.807, 2.05) is 37.3 Å². The number of hydrogen-bond acceptors (Lipinski definition) is 5. The third kappa shape index (κ3) is 5.08. The van der Waals surface area contributed by atoms with E-state index in [9.17, 15) is 14.4 Å². The van der Waals surface area contributed by atoms with Crippen molar-refractivity contribution in [1.29, 1.82) is 0 Å². The summed E-state index contributed by atoms with van der Waals surface area (Å²) in [5.74, 6) is -0.515. The minimum Gasteiger partial charge on any atom is -0.347 e. The summed E-state index contributed by atoms with van der Waals surface area (Å²) in [6, 6.07) is 20.8. The molecule has 0 saturated heterocycles. The van der Waals surface area contributed by atoms with E-state index >= 15 is 0 Å². The van der Waals surface area contributed by atoms with Crippen LogP contribution in [-0.4, -0.2) is 45.4 Å². The highest BCUT2D eigenvalue weighted by atomic mass is 32.1. The van der Waals surface area contributed by atoms with Gasteiger partial charge in [0.2, 0.25) is 5.91 Å². The van der Waals surface area contributed by atoms with E-state index in [0.717, 1.165) is 37.7 Å². The second-order valence-corrected chi connectivity index (χ2v) is 11.1. The Kier molecular flexibility index (Phi) is 7.04. The molecule has 0 fully saturated rings. The first-order valence-corrected chi connectivity index (χ1v) is 14.2. The van der Waals surface area contributed by atoms with Gasteiger partial charge in [0.25, 0.3) is 11.8 Å². The minimum absolute atomic E-state index is 0.112. The molecule has 3 N–H and O–H groups in total. The molecular weight excluding hydrogens is 522 g/mol. The predicted octanol–water partition coefficient (Wildman–Crippen LogP) is 4.80. The monoisotopic (exact) mass is 551 g/mol. The van der Waals surface area contributed by atoms with E-state index in [0.29, 0.717) is 42.9 Å². The van der Waals surface area contributed by atoms with Gasteiger partial charge in [-0.15, -0.1) is 11.3 Å². The van der Waals surface area contributed by atoms with Crippen molar-refractivity contribution in [3.8, 4) is 0 Å². The van der Waals surface area contributed by atoms with E-state index in [-0.39, 0.29) is 17.7 Å². The van der Waals surface area contributed by atoms with Crippen molar-refractivity contribution in [3.05, 3.63) is 99.4 Å². The van der Waals surface area contributed by atoms with Gasteiger partial charge in [-0.3, -0.25) is 19.5 Å². The number of nitrogens with one attached hydrogen (secondary N) is 3. The van der Waals surface area contributed by atoms with Crippen LogP contribution in [0.1, 0.15) is 49.4 Å². The van der Waals surface area contributed by atoms with Crippen molar-refractivity contribution in [2.24, 2.45) is 0 Å². The lowest BCUT2D eigenvalue weighted by molar-refractivity contribution is -0.134. The Morgan fingerprint density at radius 3 is 2.75 bits per heavy atom. The maximum atomic E-state index is 13.4. The fraction of sp³-hybridized carbons (Fsp3) is 0.226. The second kappa shape index (κ2) is 10.9. The van der Waals surface area contributed by atoms with E-state index in [1.54, 1.807) is 29.3 Å². The average Bonchev–Trinajstić information content (AvgIpc) is 3.64. The molecular formula is C31H29N5O3S. The number of rotatable bonds is 7. The van der Waals surface area contributed by atoms with Crippen LogP contribution in [0.15, 0.2) is 72.9 Å². The van der Waals surface area contributed by atoms with Crippen LogP contribution >= 0.6 is 11.3 Å². The standard InChI is InChI=1S/C31H29N5O3S/c1-2-25(34-29(37)20-10-11-26-22(14-20)17-33-35-26)31(39)36-13-12-27-23(18-36)15-28(40-27)30(38)32-16-21-8-5-7-19-6-3-4-9-24(19)21/h3-11,14-15,17,25H,2,12-13,16,18H2,1H3,(H,32,38)(H,33,35)(H,34,37)/t25-/m1/s1. The Morgan fingerprint density at radius 1 is 1.02 bits per heavy atom. The highest BCUT2D eigenvalue weighted by Gasteiger charge is 2.29. The van der Waals surface area contributed by atoms with Crippen molar-refractivity contribution < 1.29 is 14.4 Å². The van der Waals surface area contributed by atoms with Gasteiger partial charge in [-0.25, -0.2) is 0 Å². The molecule has 3 heterocycles. The lowest BCUT2D eigenvalue weighted by Gasteiger charge is -2.30. The first-order chi connectivity index (χ1) is 19.5. The SMILES string of the molecule is CC[C@@H](NC(=O)c1ccc2[nH]ncc2c1)C(=O)N1CCc2sc(C(=O)NCc3cccc4ccccc34)cc2C1.